The van der Waals surface area contributed by atoms with Crippen molar-refractivity contribution in [2.24, 2.45) is 23.7 Å². The fourth-order valence-electron chi connectivity index (χ4n) is 16.5. The number of fused-ring (bicyclic) bond motifs is 4. The molecule has 12 amide bonds. The number of nitrogens with one attached hydrogen (secondary N) is 3. The van der Waals surface area contributed by atoms with Gasteiger partial charge < -0.3 is 64.8 Å². The number of benzene rings is 1. The van der Waals surface area contributed by atoms with Crippen LogP contribution < -0.4 is 16.0 Å². The highest BCUT2D eigenvalue weighted by atomic mass is 35.5. The maximum absolute atomic E-state index is 15.7. The summed E-state index contributed by atoms with van der Waals surface area (Å²) < 4.78 is 47.6. The maximum Gasteiger partial charge on any atom is 0.417 e. The van der Waals surface area contributed by atoms with Gasteiger partial charge in [-0.2, -0.15) is 13.2 Å². The van der Waals surface area contributed by atoms with Gasteiger partial charge >= 0.3 is 6.18 Å². The summed E-state index contributed by atoms with van der Waals surface area (Å²) in [4.78, 5) is 193. The molecule has 29 heteroatoms. The van der Waals surface area contributed by atoms with Gasteiger partial charge in [0.2, 0.25) is 70.9 Å². The summed E-state index contributed by atoms with van der Waals surface area (Å²) in [7, 11) is 8.64. The van der Waals surface area contributed by atoms with Crippen LogP contribution >= 0.6 is 11.6 Å². The van der Waals surface area contributed by atoms with E-state index in [-0.39, 0.29) is 102 Å². The van der Waals surface area contributed by atoms with E-state index in [0.29, 0.717) is 50.5 Å². The molecule has 7 fully saturated rings. The van der Waals surface area contributed by atoms with Gasteiger partial charge in [0.05, 0.1) is 48.8 Å². The average molecular weight is 1470 g/mol. The average Bonchev–Trinajstić information content (AvgIpc) is 1.76. The van der Waals surface area contributed by atoms with Gasteiger partial charge in [-0.25, -0.2) is 0 Å². The van der Waals surface area contributed by atoms with Gasteiger partial charge in [-0.15, -0.1) is 0 Å². The van der Waals surface area contributed by atoms with Crippen LogP contribution in [0.15, 0.2) is 18.2 Å². The lowest BCUT2D eigenvalue weighted by molar-refractivity contribution is -0.160. The number of aryl methyl sites for hydroxylation is 1. The van der Waals surface area contributed by atoms with Gasteiger partial charge in [-0.05, 0) is 119 Å². The predicted octanol–water partition coefficient (Wildman–Crippen LogP) is 5.80. The Balaban J connectivity index is 1.18. The Morgan fingerprint density at radius 3 is 1.86 bits per heavy atom. The van der Waals surface area contributed by atoms with Crippen molar-refractivity contribution in [2.75, 3.05) is 75.1 Å². The molecule has 2 unspecified atom stereocenters. The molecule has 2 aliphatic carbocycles. The first kappa shape index (κ1) is 81.6. The van der Waals surface area contributed by atoms with E-state index in [4.69, 9.17) is 16.3 Å². The SMILES string of the molecule is CC[C@H](C)[C@@H]1NC(=O)[C@H](CC(C)C)N(C)C(=O)C[C@@H](C(=O)N2C3CCC2COC3)N(C)C(=O)[C@H]([C@@H](C)CC)N(C)C(=O)C2(CCCC2)NC(=O)[C@@H]2CCCN2C(=O)[C@H](CCc2ccc(C(F)(F)F)c(Cl)c2)NC(=O)CN(C)C(=O)[C@H](CC2CCCCC2)N(C)C(=O)[C@@H]2CCN2C(=O)[C@H](C)N(C)C1=O. The lowest BCUT2D eigenvalue weighted by atomic mass is 9.84. The molecule has 5 aliphatic heterocycles. The predicted molar refractivity (Wildman–Crippen MR) is 378 cm³/mol. The number of halogens is 4. The quantitative estimate of drug-likeness (QED) is 0.224. The van der Waals surface area contributed by atoms with Gasteiger partial charge in [0.15, 0.2) is 0 Å². The molecule has 1 aromatic rings. The fraction of sp³-hybridized carbons (Fsp3) is 0.757. The molecule has 0 aromatic heterocycles. The number of amides is 12. The molecular formula is C74H112ClF3N12O13. The van der Waals surface area contributed by atoms with Crippen molar-refractivity contribution in [3.05, 3.63) is 34.3 Å². The number of nitrogens with zero attached hydrogens (tertiary/aromatic N) is 9. The summed E-state index contributed by atoms with van der Waals surface area (Å²) in [5.41, 5.74) is -2.37. The number of morpholine rings is 1. The minimum atomic E-state index is -4.76. The third-order valence-electron chi connectivity index (χ3n) is 23.5. The van der Waals surface area contributed by atoms with Crippen LogP contribution in [0.1, 0.15) is 188 Å². The summed E-state index contributed by atoms with van der Waals surface area (Å²) >= 11 is 6.17. The molecule has 8 rings (SSSR count). The van der Waals surface area contributed by atoms with Gasteiger partial charge in [0.25, 0.3) is 0 Å². The zero-order valence-electron chi connectivity index (χ0n) is 62.6. The Morgan fingerprint density at radius 1 is 0.650 bits per heavy atom. The third kappa shape index (κ3) is 18.4. The van der Waals surface area contributed by atoms with Crippen molar-refractivity contribution < 1.29 is 75.4 Å². The minimum absolute atomic E-state index is 0.0192. The number of ether oxygens (including phenoxy) is 1. The number of likely N-dealkylation sites (N-methyl/N-ethyl adjacent to an activating group) is 6. The van der Waals surface area contributed by atoms with Gasteiger partial charge in [-0.3, -0.25) is 57.5 Å². The van der Waals surface area contributed by atoms with Crippen molar-refractivity contribution >= 4 is 82.5 Å². The number of carbonyl (C=O) groups excluding carboxylic acids is 12. The number of hydrogen-bond donors (Lipinski definition) is 3. The van der Waals surface area contributed by atoms with Gasteiger partial charge in [0, 0.05) is 55.4 Å². The number of alkyl halides is 3. The molecule has 7 aliphatic rings. The molecular weight excluding hydrogens is 1360 g/mol. The summed E-state index contributed by atoms with van der Waals surface area (Å²) in [6.45, 7) is 12.5. The molecule has 0 radical (unpaired) electrons. The summed E-state index contributed by atoms with van der Waals surface area (Å²) in [6.07, 6.45) is 3.03. The molecule has 5 heterocycles. The smallest absolute Gasteiger partial charge is 0.377 e. The Morgan fingerprint density at radius 2 is 1.28 bits per heavy atom. The molecule has 3 N–H and O–H groups in total. The Hall–Kier alpha value is -7.10. The van der Waals surface area contributed by atoms with E-state index < -0.39 is 172 Å². The van der Waals surface area contributed by atoms with Crippen LogP contribution in [0.2, 0.25) is 5.02 Å². The van der Waals surface area contributed by atoms with Crippen LogP contribution in [0, 0.1) is 23.7 Å². The Labute approximate surface area is 610 Å². The fourth-order valence-corrected chi connectivity index (χ4v) is 16.8. The summed E-state index contributed by atoms with van der Waals surface area (Å²) in [6, 6.07) is -8.67. The Bertz CT molecular complexity index is 3280. The van der Waals surface area contributed by atoms with Crippen LogP contribution in [0.5, 0.6) is 0 Å². The van der Waals surface area contributed by atoms with Gasteiger partial charge in [0.1, 0.15) is 59.9 Å². The van der Waals surface area contributed by atoms with E-state index in [2.05, 4.69) is 16.0 Å². The number of rotatable bonds is 12. The molecule has 5 saturated heterocycles. The van der Waals surface area contributed by atoms with E-state index in [0.717, 1.165) is 49.1 Å². The van der Waals surface area contributed by atoms with Crippen LogP contribution in [0.4, 0.5) is 13.2 Å². The highest BCUT2D eigenvalue weighted by Crippen LogP contribution is 2.39. The monoisotopic (exact) mass is 1470 g/mol. The number of carbonyl (C=O) groups is 12. The maximum atomic E-state index is 15.7. The Kier molecular flexibility index (Phi) is 27.6. The molecule has 574 valence electrons. The van der Waals surface area contributed by atoms with E-state index in [9.17, 15) is 32.3 Å². The number of hydrogen-bond acceptors (Lipinski definition) is 13. The highest BCUT2D eigenvalue weighted by Gasteiger charge is 2.53. The van der Waals surface area contributed by atoms with Crippen LogP contribution in [0.25, 0.3) is 0 Å². The second-order valence-corrected chi connectivity index (χ2v) is 31.3. The third-order valence-corrected chi connectivity index (χ3v) is 23.9. The molecule has 25 nitrogen and oxygen atoms in total. The van der Waals surface area contributed by atoms with E-state index >= 15 is 38.4 Å². The molecule has 2 bridgehead atoms. The largest absolute Gasteiger partial charge is 0.417 e. The molecule has 103 heavy (non-hydrogen) atoms. The minimum Gasteiger partial charge on any atom is -0.377 e. The van der Waals surface area contributed by atoms with Gasteiger partial charge in [-0.1, -0.05) is 117 Å². The van der Waals surface area contributed by atoms with Crippen LogP contribution in [0.3, 0.4) is 0 Å². The van der Waals surface area contributed by atoms with Crippen molar-refractivity contribution in [2.45, 2.75) is 261 Å². The second-order valence-electron chi connectivity index (χ2n) is 30.9. The summed E-state index contributed by atoms with van der Waals surface area (Å²) in [5, 5.41) is 8.20. The van der Waals surface area contributed by atoms with Crippen LogP contribution in [-0.4, -0.2) is 262 Å². The van der Waals surface area contributed by atoms with Crippen LogP contribution in [-0.2, 0) is 74.9 Å². The van der Waals surface area contributed by atoms with E-state index in [1.165, 1.54) is 89.6 Å². The lowest BCUT2D eigenvalue weighted by Gasteiger charge is -2.45. The van der Waals surface area contributed by atoms with Crippen molar-refractivity contribution in [1.29, 1.82) is 0 Å². The molecule has 2 saturated carbocycles. The van der Waals surface area contributed by atoms with Crippen molar-refractivity contribution in [3.8, 4) is 0 Å². The lowest BCUT2D eigenvalue weighted by Crippen LogP contribution is -2.65. The molecule has 1 aromatic carbocycles. The first-order valence-corrected chi connectivity index (χ1v) is 37.8. The normalized spacial score (nSPS) is 29.5. The topological polar surface area (TPSA) is 279 Å². The first-order valence-electron chi connectivity index (χ1n) is 37.4. The zero-order valence-corrected chi connectivity index (χ0v) is 63.4. The first-order chi connectivity index (χ1) is 48.6. The van der Waals surface area contributed by atoms with Crippen molar-refractivity contribution in [3.63, 3.8) is 0 Å². The second kappa shape index (κ2) is 34.9. The van der Waals surface area contributed by atoms with E-state index in [1.54, 1.807) is 18.7 Å². The molecule has 1 spiro atoms. The molecule has 13 atom stereocenters. The summed E-state index contributed by atoms with van der Waals surface area (Å²) in [5.74, 6) is -8.93. The standard InChI is InChI=1S/C74H112ClF3N12O13/c1-14-44(5)61-70(100)83(9)46(7)65(95)89-35-31-55(89)68(98)85(11)57(38-47-22-17-16-18-23-47)67(97)82(8)40-59(91)79-53(30-26-48-25-29-51(52(75)37-48)74(76,77)78)66(96)88-34-21-24-54(88)64(94)81-73(32-19-20-33-73)72(102)87(13)62(45(6)15-2)71(101)86(12)58(69(99)90-49-27-28-50(90)42-103-41-49)39-60(92)84(10)56(36-43(3)4)63(93)80-61/h25,29,37,43-47,49-50,53-58,61-62H,14-24,26-28,30-36,38-42H2,1-13H3,(H,79,91)(H,80,93)(H,81,94)/t44-,45-,46-,49?,50?,53-,54-,55-,56-,57-,58-,61-,62-/m0/s1. The van der Waals surface area contributed by atoms with E-state index in [1.807, 2.05) is 27.7 Å². The van der Waals surface area contributed by atoms with Crippen molar-refractivity contribution in [1.82, 2.24) is 60.0 Å². The zero-order chi connectivity index (χ0) is 75.9. The highest BCUT2D eigenvalue weighted by molar-refractivity contribution is 6.31.